The molecule has 0 amide bonds. The molecule has 3 nitrogen and oxygen atoms in total. The lowest BCUT2D eigenvalue weighted by molar-refractivity contribution is -0.632. The van der Waals surface area contributed by atoms with Crippen molar-refractivity contribution in [2.24, 2.45) is 7.05 Å². The summed E-state index contributed by atoms with van der Waals surface area (Å²) in [6.45, 7) is 0. The van der Waals surface area contributed by atoms with Gasteiger partial charge in [-0.3, -0.25) is 0 Å². The molecule has 5 rings (SSSR count). The van der Waals surface area contributed by atoms with Crippen LogP contribution >= 0.6 is 0 Å². The predicted octanol–water partition coefficient (Wildman–Crippen LogP) is 4.75. The molecule has 0 bridgehead atoms. The maximum atomic E-state index is 5.34. The maximum Gasteiger partial charge on any atom is 0.237 e. The monoisotopic (exact) mass is 339 g/mol. The first-order chi connectivity index (χ1) is 12.8. The van der Waals surface area contributed by atoms with Crippen LogP contribution in [0.4, 0.5) is 0 Å². The lowest BCUT2D eigenvalue weighted by atomic mass is 10.0. The van der Waals surface area contributed by atoms with Gasteiger partial charge in [0.25, 0.3) is 0 Å². The van der Waals surface area contributed by atoms with Gasteiger partial charge in [-0.25, -0.2) is 0 Å². The average Bonchev–Trinajstić information content (AvgIpc) is 3.08. The van der Waals surface area contributed by atoms with Crippen molar-refractivity contribution in [1.82, 2.24) is 4.40 Å². The van der Waals surface area contributed by atoms with Gasteiger partial charge in [-0.15, -0.1) is 0 Å². The van der Waals surface area contributed by atoms with E-state index in [4.69, 9.17) is 4.74 Å². The summed E-state index contributed by atoms with van der Waals surface area (Å²) in [4.78, 5) is 0. The molecule has 0 atom stereocenters. The molecule has 0 aliphatic rings. The minimum Gasteiger partial charge on any atom is -0.497 e. The molecule has 3 heteroatoms. The third kappa shape index (κ3) is 2.04. The van der Waals surface area contributed by atoms with Gasteiger partial charge in [-0.2, -0.15) is 4.57 Å². The fourth-order valence-corrected chi connectivity index (χ4v) is 3.92. The number of hydrogen-bond donors (Lipinski definition) is 0. The second-order valence-corrected chi connectivity index (χ2v) is 6.56. The highest BCUT2D eigenvalue weighted by Crippen LogP contribution is 2.33. The number of benzene rings is 2. The van der Waals surface area contributed by atoms with E-state index in [9.17, 15) is 0 Å². The zero-order chi connectivity index (χ0) is 17.7. The second-order valence-electron chi connectivity index (χ2n) is 6.56. The minimum atomic E-state index is 0.869. The molecule has 3 heterocycles. The molecule has 0 saturated heterocycles. The summed E-state index contributed by atoms with van der Waals surface area (Å²) in [6, 6.07) is 25.5. The van der Waals surface area contributed by atoms with Crippen molar-refractivity contribution in [3.05, 3.63) is 79.0 Å². The Morgan fingerprint density at radius 1 is 0.846 bits per heavy atom. The number of hydrogen-bond acceptors (Lipinski definition) is 1. The van der Waals surface area contributed by atoms with Crippen LogP contribution in [0, 0.1) is 0 Å². The fourth-order valence-electron chi connectivity index (χ4n) is 3.92. The number of nitrogens with zero attached hydrogens (tertiary/aromatic N) is 2. The molecule has 2 aromatic carbocycles. The van der Waals surface area contributed by atoms with Gasteiger partial charge in [-0.1, -0.05) is 18.2 Å². The molecule has 0 saturated carbocycles. The van der Waals surface area contributed by atoms with Gasteiger partial charge in [0, 0.05) is 28.7 Å². The summed E-state index contributed by atoms with van der Waals surface area (Å²) in [5, 5.41) is 2.54. The Bertz CT molecular complexity index is 1270. The van der Waals surface area contributed by atoms with E-state index in [0.29, 0.717) is 0 Å². The van der Waals surface area contributed by atoms with Crippen molar-refractivity contribution in [3.63, 3.8) is 0 Å². The molecule has 0 fully saturated rings. The van der Waals surface area contributed by atoms with Gasteiger partial charge in [0.2, 0.25) is 11.2 Å². The summed E-state index contributed by atoms with van der Waals surface area (Å²) in [5.41, 5.74) is 6.03. The topological polar surface area (TPSA) is 17.5 Å². The lowest BCUT2D eigenvalue weighted by Crippen LogP contribution is -2.32. The SMILES string of the molecule is COc1ccc(-c2c3c(cc4ccccn43)c3ccccc3[n+]2C)cc1. The fraction of sp³-hybridized carbons (Fsp3) is 0.0870. The third-order valence-corrected chi connectivity index (χ3v) is 5.16. The van der Waals surface area contributed by atoms with Crippen molar-refractivity contribution in [2.45, 2.75) is 0 Å². The first-order valence-corrected chi connectivity index (χ1v) is 8.73. The number of rotatable bonds is 2. The Balaban J connectivity index is 2.00. The van der Waals surface area contributed by atoms with Crippen LogP contribution in [0.1, 0.15) is 0 Å². The third-order valence-electron chi connectivity index (χ3n) is 5.16. The maximum absolute atomic E-state index is 5.34. The van der Waals surface area contributed by atoms with Crippen LogP contribution in [-0.4, -0.2) is 11.5 Å². The molecule has 0 N–H and O–H groups in total. The van der Waals surface area contributed by atoms with Crippen molar-refractivity contribution in [3.8, 4) is 17.0 Å². The zero-order valence-corrected chi connectivity index (χ0v) is 14.8. The van der Waals surface area contributed by atoms with Gasteiger partial charge in [0.1, 0.15) is 18.3 Å². The average molecular weight is 339 g/mol. The first-order valence-electron chi connectivity index (χ1n) is 8.73. The Morgan fingerprint density at radius 3 is 2.42 bits per heavy atom. The molecule has 0 spiro atoms. The smallest absolute Gasteiger partial charge is 0.237 e. The molecule has 3 aromatic heterocycles. The van der Waals surface area contributed by atoms with E-state index in [0.717, 1.165) is 5.75 Å². The second kappa shape index (κ2) is 5.60. The summed E-state index contributed by atoms with van der Waals surface area (Å²) >= 11 is 0. The lowest BCUT2D eigenvalue weighted by Gasteiger charge is -2.08. The van der Waals surface area contributed by atoms with Crippen LogP contribution in [0.15, 0.2) is 79.0 Å². The zero-order valence-electron chi connectivity index (χ0n) is 14.8. The van der Waals surface area contributed by atoms with Crippen LogP contribution in [-0.2, 0) is 7.05 Å². The highest BCUT2D eigenvalue weighted by Gasteiger charge is 2.23. The Labute approximate surface area is 151 Å². The van der Waals surface area contributed by atoms with Crippen molar-refractivity contribution < 1.29 is 9.30 Å². The molecular weight excluding hydrogens is 320 g/mol. The van der Waals surface area contributed by atoms with Crippen molar-refractivity contribution in [1.29, 1.82) is 0 Å². The predicted molar refractivity (Wildman–Crippen MR) is 106 cm³/mol. The van der Waals surface area contributed by atoms with Crippen molar-refractivity contribution >= 4 is 27.3 Å². The van der Waals surface area contributed by atoms with E-state index >= 15 is 0 Å². The quantitative estimate of drug-likeness (QED) is 0.425. The van der Waals surface area contributed by atoms with Crippen LogP contribution in [0.25, 0.3) is 38.6 Å². The van der Waals surface area contributed by atoms with E-state index in [1.54, 1.807) is 7.11 Å². The normalized spacial score (nSPS) is 11.5. The molecule has 126 valence electrons. The molecule has 0 aliphatic heterocycles. The molecule has 0 unspecified atom stereocenters. The number of aryl methyl sites for hydroxylation is 1. The number of pyridine rings is 2. The van der Waals surface area contributed by atoms with Gasteiger partial charge in [0.15, 0.2) is 0 Å². The van der Waals surface area contributed by atoms with Crippen LogP contribution in [0.2, 0.25) is 0 Å². The Hall–Kier alpha value is -3.33. The molecule has 5 aromatic rings. The number of aromatic nitrogens is 2. The number of methoxy groups -OCH3 is 1. The van der Waals surface area contributed by atoms with Gasteiger partial charge < -0.3 is 9.14 Å². The number of ether oxygens (including phenoxy) is 1. The van der Waals surface area contributed by atoms with Crippen molar-refractivity contribution in [2.75, 3.05) is 7.11 Å². The molecular formula is C23H19N2O+. The molecule has 0 radical (unpaired) electrons. The standard InChI is InChI=1S/C23H19N2O/c1-24-21-9-4-3-8-19(21)20-15-17-7-5-6-14-25(17)23(20)22(24)16-10-12-18(26-2)13-11-16/h3-15H,1-2H3/q+1. The summed E-state index contributed by atoms with van der Waals surface area (Å²) in [7, 11) is 3.84. The van der Waals surface area contributed by atoms with E-state index < -0.39 is 0 Å². The van der Waals surface area contributed by atoms with Crippen LogP contribution < -0.4 is 9.30 Å². The molecule has 0 aliphatic carbocycles. The molecule has 26 heavy (non-hydrogen) atoms. The van der Waals surface area contributed by atoms with Gasteiger partial charge in [-0.05, 0) is 48.5 Å². The van der Waals surface area contributed by atoms with Crippen LogP contribution in [0.3, 0.4) is 0 Å². The van der Waals surface area contributed by atoms with Gasteiger partial charge in [0.05, 0.1) is 12.5 Å². The van der Waals surface area contributed by atoms with E-state index in [1.807, 2.05) is 12.1 Å². The minimum absolute atomic E-state index is 0.869. The Morgan fingerprint density at radius 2 is 1.62 bits per heavy atom. The van der Waals surface area contributed by atoms with Crippen LogP contribution in [0.5, 0.6) is 5.75 Å². The van der Waals surface area contributed by atoms with Gasteiger partial charge >= 0.3 is 0 Å². The highest BCUT2D eigenvalue weighted by atomic mass is 16.5. The number of para-hydroxylation sites is 1. The van der Waals surface area contributed by atoms with E-state index in [1.165, 1.54) is 38.6 Å². The first kappa shape index (κ1) is 15.0. The number of fused-ring (bicyclic) bond motifs is 5. The largest absolute Gasteiger partial charge is 0.497 e. The summed E-state index contributed by atoms with van der Waals surface area (Å²) < 4.78 is 9.91. The highest BCUT2D eigenvalue weighted by molar-refractivity contribution is 6.10. The van der Waals surface area contributed by atoms with E-state index in [-0.39, 0.29) is 0 Å². The summed E-state index contributed by atoms with van der Waals surface area (Å²) in [6.07, 6.45) is 2.14. The Kier molecular flexibility index (Phi) is 3.22. The summed E-state index contributed by atoms with van der Waals surface area (Å²) in [5.74, 6) is 0.869. The van der Waals surface area contributed by atoms with E-state index in [2.05, 4.69) is 82.9 Å².